The Kier molecular flexibility index (Phi) is 2.95. The van der Waals surface area contributed by atoms with E-state index in [0.29, 0.717) is 0 Å². The Morgan fingerprint density at radius 3 is 2.89 bits per heavy atom. The van der Waals surface area contributed by atoms with Crippen LogP contribution in [0.3, 0.4) is 0 Å². The molecule has 1 aromatic heterocycles. The molecule has 3 nitrogen and oxygen atoms in total. The minimum Gasteiger partial charge on any atom is -0.497 e. The topological polar surface area (TPSA) is 37.9 Å². The molecule has 1 N–H and O–H groups in total. The molecule has 0 saturated carbocycles. The standard InChI is InChI=1S/C16H16N2O/c1-11-6-7-14-15(8-11)18-16(17-14)10-12-4-3-5-13(9-12)19-2/h3-9H,10H2,1-2H3,(H,17,18). The van der Waals surface area contributed by atoms with E-state index < -0.39 is 0 Å². The summed E-state index contributed by atoms with van der Waals surface area (Å²) in [4.78, 5) is 7.98. The van der Waals surface area contributed by atoms with Crippen molar-refractivity contribution >= 4 is 11.0 Å². The van der Waals surface area contributed by atoms with Gasteiger partial charge in [-0.3, -0.25) is 0 Å². The van der Waals surface area contributed by atoms with E-state index in [1.165, 1.54) is 11.1 Å². The summed E-state index contributed by atoms with van der Waals surface area (Å²) in [5.74, 6) is 1.86. The quantitative estimate of drug-likeness (QED) is 0.775. The highest BCUT2D eigenvalue weighted by atomic mass is 16.5. The zero-order valence-electron chi connectivity index (χ0n) is 11.1. The first kappa shape index (κ1) is 11.8. The number of ether oxygens (including phenoxy) is 1. The number of benzene rings is 2. The van der Waals surface area contributed by atoms with Gasteiger partial charge in [-0.05, 0) is 42.3 Å². The number of aromatic nitrogens is 2. The van der Waals surface area contributed by atoms with Gasteiger partial charge in [0.25, 0.3) is 0 Å². The van der Waals surface area contributed by atoms with E-state index in [2.05, 4.69) is 41.2 Å². The summed E-state index contributed by atoms with van der Waals surface area (Å²) in [7, 11) is 1.68. The predicted molar refractivity (Wildman–Crippen MR) is 76.6 cm³/mol. The molecule has 3 aromatic rings. The summed E-state index contributed by atoms with van der Waals surface area (Å²) < 4.78 is 5.24. The van der Waals surface area contributed by atoms with E-state index in [-0.39, 0.29) is 0 Å². The molecule has 0 aliphatic heterocycles. The molecule has 0 aliphatic carbocycles. The maximum absolute atomic E-state index is 5.24. The predicted octanol–water partition coefficient (Wildman–Crippen LogP) is 3.47. The number of aromatic amines is 1. The van der Waals surface area contributed by atoms with Gasteiger partial charge in [0.1, 0.15) is 11.6 Å². The molecule has 0 aliphatic rings. The van der Waals surface area contributed by atoms with E-state index in [9.17, 15) is 0 Å². The van der Waals surface area contributed by atoms with Crippen LogP contribution in [0.5, 0.6) is 5.75 Å². The lowest BCUT2D eigenvalue weighted by molar-refractivity contribution is 0.414. The molecule has 19 heavy (non-hydrogen) atoms. The Morgan fingerprint density at radius 1 is 1.16 bits per heavy atom. The number of rotatable bonds is 3. The summed E-state index contributed by atoms with van der Waals surface area (Å²) in [5, 5.41) is 0. The number of hydrogen-bond donors (Lipinski definition) is 1. The number of fused-ring (bicyclic) bond motifs is 1. The van der Waals surface area contributed by atoms with Crippen LogP contribution in [0.25, 0.3) is 11.0 Å². The average molecular weight is 252 g/mol. The van der Waals surface area contributed by atoms with Crippen molar-refractivity contribution in [2.75, 3.05) is 7.11 Å². The third-order valence-electron chi connectivity index (χ3n) is 3.19. The van der Waals surface area contributed by atoms with Gasteiger partial charge in [0.05, 0.1) is 18.1 Å². The number of hydrogen-bond acceptors (Lipinski definition) is 2. The Balaban J connectivity index is 1.92. The first-order chi connectivity index (χ1) is 9.24. The maximum atomic E-state index is 5.24. The lowest BCUT2D eigenvalue weighted by atomic mass is 10.1. The van der Waals surface area contributed by atoms with Gasteiger partial charge in [-0.1, -0.05) is 18.2 Å². The van der Waals surface area contributed by atoms with E-state index in [0.717, 1.165) is 29.0 Å². The smallest absolute Gasteiger partial charge is 0.119 e. The Labute approximate surface area is 112 Å². The van der Waals surface area contributed by atoms with Crippen molar-refractivity contribution in [2.24, 2.45) is 0 Å². The van der Waals surface area contributed by atoms with Crippen molar-refractivity contribution in [1.82, 2.24) is 9.97 Å². The molecule has 96 valence electrons. The number of nitrogens with one attached hydrogen (secondary N) is 1. The van der Waals surface area contributed by atoms with Crippen LogP contribution in [-0.4, -0.2) is 17.1 Å². The van der Waals surface area contributed by atoms with Gasteiger partial charge in [0, 0.05) is 6.42 Å². The van der Waals surface area contributed by atoms with Crippen LogP contribution in [0.1, 0.15) is 17.0 Å². The third kappa shape index (κ3) is 2.45. The van der Waals surface area contributed by atoms with Crippen molar-refractivity contribution in [3.8, 4) is 5.75 Å². The number of H-pyrrole nitrogens is 1. The van der Waals surface area contributed by atoms with Gasteiger partial charge in [0.15, 0.2) is 0 Å². The molecule has 3 heteroatoms. The second-order valence-electron chi connectivity index (χ2n) is 4.73. The monoisotopic (exact) mass is 252 g/mol. The minimum absolute atomic E-state index is 0.783. The van der Waals surface area contributed by atoms with E-state index in [1.807, 2.05) is 18.2 Å². The molecule has 2 aromatic carbocycles. The van der Waals surface area contributed by atoms with Gasteiger partial charge in [-0.25, -0.2) is 4.98 Å². The summed E-state index contributed by atoms with van der Waals surface area (Å²) in [6.45, 7) is 2.09. The van der Waals surface area contributed by atoms with Crippen LogP contribution in [0, 0.1) is 6.92 Å². The first-order valence-electron chi connectivity index (χ1n) is 6.33. The van der Waals surface area contributed by atoms with Gasteiger partial charge in [-0.15, -0.1) is 0 Å². The molecule has 3 rings (SSSR count). The summed E-state index contributed by atoms with van der Waals surface area (Å²) in [6.07, 6.45) is 0.783. The Hall–Kier alpha value is -2.29. The highest BCUT2D eigenvalue weighted by Gasteiger charge is 2.04. The first-order valence-corrected chi connectivity index (χ1v) is 6.33. The van der Waals surface area contributed by atoms with Crippen LogP contribution in [0.2, 0.25) is 0 Å². The molecule has 0 amide bonds. The number of nitrogens with zero attached hydrogens (tertiary/aromatic N) is 1. The highest BCUT2D eigenvalue weighted by Crippen LogP contribution is 2.18. The number of aryl methyl sites for hydroxylation is 1. The fourth-order valence-electron chi connectivity index (χ4n) is 2.24. The lowest BCUT2D eigenvalue weighted by Gasteiger charge is -2.02. The van der Waals surface area contributed by atoms with Gasteiger partial charge in [-0.2, -0.15) is 0 Å². The molecule has 1 heterocycles. The molecule has 0 saturated heterocycles. The third-order valence-corrected chi connectivity index (χ3v) is 3.19. The van der Waals surface area contributed by atoms with Crippen LogP contribution in [0.15, 0.2) is 42.5 Å². The normalized spacial score (nSPS) is 10.8. The number of imidazole rings is 1. The van der Waals surface area contributed by atoms with Gasteiger partial charge >= 0.3 is 0 Å². The fraction of sp³-hybridized carbons (Fsp3) is 0.188. The van der Waals surface area contributed by atoms with Crippen molar-refractivity contribution in [2.45, 2.75) is 13.3 Å². The van der Waals surface area contributed by atoms with Crippen LogP contribution >= 0.6 is 0 Å². The minimum atomic E-state index is 0.783. The van der Waals surface area contributed by atoms with E-state index in [1.54, 1.807) is 7.11 Å². The van der Waals surface area contributed by atoms with Crippen LogP contribution in [0.4, 0.5) is 0 Å². The summed E-state index contributed by atoms with van der Waals surface area (Å²) in [6, 6.07) is 14.3. The molecular weight excluding hydrogens is 236 g/mol. The Morgan fingerprint density at radius 2 is 2.05 bits per heavy atom. The lowest BCUT2D eigenvalue weighted by Crippen LogP contribution is -1.91. The molecule has 0 radical (unpaired) electrons. The fourth-order valence-corrected chi connectivity index (χ4v) is 2.24. The molecular formula is C16H16N2O. The molecule has 0 bridgehead atoms. The van der Waals surface area contributed by atoms with Gasteiger partial charge in [0.2, 0.25) is 0 Å². The zero-order valence-corrected chi connectivity index (χ0v) is 11.1. The molecule has 0 fully saturated rings. The van der Waals surface area contributed by atoms with Crippen molar-refractivity contribution < 1.29 is 4.74 Å². The zero-order chi connectivity index (χ0) is 13.2. The second kappa shape index (κ2) is 4.76. The SMILES string of the molecule is COc1cccc(Cc2nc3ccc(C)cc3[nH]2)c1. The van der Waals surface area contributed by atoms with Crippen LogP contribution < -0.4 is 4.74 Å². The summed E-state index contributed by atoms with van der Waals surface area (Å²) >= 11 is 0. The van der Waals surface area contributed by atoms with Gasteiger partial charge < -0.3 is 9.72 Å². The largest absolute Gasteiger partial charge is 0.497 e. The second-order valence-corrected chi connectivity index (χ2v) is 4.73. The van der Waals surface area contributed by atoms with Crippen molar-refractivity contribution in [3.63, 3.8) is 0 Å². The highest BCUT2D eigenvalue weighted by molar-refractivity contribution is 5.75. The average Bonchev–Trinajstić information content (AvgIpc) is 2.80. The molecule has 0 atom stereocenters. The van der Waals surface area contributed by atoms with Crippen LogP contribution in [-0.2, 0) is 6.42 Å². The van der Waals surface area contributed by atoms with E-state index >= 15 is 0 Å². The Bertz CT molecular complexity index is 716. The van der Waals surface area contributed by atoms with Crippen molar-refractivity contribution in [3.05, 3.63) is 59.4 Å². The number of methoxy groups -OCH3 is 1. The van der Waals surface area contributed by atoms with Crippen molar-refractivity contribution in [1.29, 1.82) is 0 Å². The maximum Gasteiger partial charge on any atom is 0.119 e. The summed E-state index contributed by atoms with van der Waals surface area (Å²) in [5.41, 5.74) is 4.54. The molecule has 0 unspecified atom stereocenters. The molecule has 0 spiro atoms. The van der Waals surface area contributed by atoms with E-state index in [4.69, 9.17) is 4.74 Å².